The standard InChI is InChI=1S/C23H25NO/c24-17-23(22-9-5-2-6-10-22)25-18-21-15-13-20(14-16-21)12-11-19-7-3-1-4-8-19/h1-10,13-16,23H,11-12,17-18,24H2. The fourth-order valence-electron chi connectivity index (χ4n) is 2.90. The van der Waals surface area contributed by atoms with Gasteiger partial charge in [-0.25, -0.2) is 0 Å². The molecule has 0 saturated heterocycles. The molecule has 0 aromatic heterocycles. The van der Waals surface area contributed by atoms with E-state index in [0.717, 1.165) is 18.4 Å². The summed E-state index contributed by atoms with van der Waals surface area (Å²) in [6.45, 7) is 1.06. The fraction of sp³-hybridized carbons (Fsp3) is 0.217. The minimum atomic E-state index is -0.0565. The van der Waals surface area contributed by atoms with Gasteiger partial charge in [0.15, 0.2) is 0 Å². The highest BCUT2D eigenvalue weighted by Crippen LogP contribution is 2.18. The van der Waals surface area contributed by atoms with Crippen LogP contribution in [0, 0.1) is 0 Å². The highest BCUT2D eigenvalue weighted by molar-refractivity contribution is 5.24. The van der Waals surface area contributed by atoms with Crippen LogP contribution in [0.15, 0.2) is 84.9 Å². The lowest BCUT2D eigenvalue weighted by atomic mass is 10.0. The van der Waals surface area contributed by atoms with Crippen molar-refractivity contribution in [2.45, 2.75) is 25.6 Å². The Morgan fingerprint density at radius 3 is 1.76 bits per heavy atom. The average Bonchev–Trinajstić information content (AvgIpc) is 2.69. The first kappa shape index (κ1) is 17.4. The molecule has 1 unspecified atom stereocenters. The highest BCUT2D eigenvalue weighted by Gasteiger charge is 2.09. The number of hydrogen-bond donors (Lipinski definition) is 1. The van der Waals surface area contributed by atoms with Crippen molar-refractivity contribution in [1.29, 1.82) is 0 Å². The molecule has 0 aliphatic rings. The van der Waals surface area contributed by atoms with E-state index in [2.05, 4.69) is 66.7 Å². The third-order valence-electron chi connectivity index (χ3n) is 4.40. The van der Waals surface area contributed by atoms with E-state index >= 15 is 0 Å². The van der Waals surface area contributed by atoms with Gasteiger partial charge in [-0.2, -0.15) is 0 Å². The lowest BCUT2D eigenvalue weighted by Crippen LogP contribution is -2.15. The second-order valence-corrected chi connectivity index (χ2v) is 6.25. The number of hydrogen-bond acceptors (Lipinski definition) is 2. The van der Waals surface area contributed by atoms with Crippen molar-refractivity contribution in [1.82, 2.24) is 0 Å². The molecule has 3 aromatic rings. The van der Waals surface area contributed by atoms with Gasteiger partial charge < -0.3 is 10.5 Å². The Bertz CT molecular complexity index is 738. The first-order valence-corrected chi connectivity index (χ1v) is 8.83. The van der Waals surface area contributed by atoms with E-state index in [9.17, 15) is 0 Å². The van der Waals surface area contributed by atoms with Crippen LogP contribution >= 0.6 is 0 Å². The van der Waals surface area contributed by atoms with E-state index < -0.39 is 0 Å². The monoisotopic (exact) mass is 331 g/mol. The second-order valence-electron chi connectivity index (χ2n) is 6.25. The minimum Gasteiger partial charge on any atom is -0.368 e. The maximum absolute atomic E-state index is 6.01. The third-order valence-corrected chi connectivity index (χ3v) is 4.40. The molecule has 0 aliphatic heterocycles. The molecule has 128 valence electrons. The quantitative estimate of drug-likeness (QED) is 0.650. The maximum atomic E-state index is 6.01. The molecule has 0 bridgehead atoms. The van der Waals surface area contributed by atoms with Gasteiger partial charge >= 0.3 is 0 Å². The Labute approximate surface area is 150 Å². The molecule has 3 aromatic carbocycles. The molecule has 2 heteroatoms. The van der Waals surface area contributed by atoms with E-state index in [1.165, 1.54) is 16.7 Å². The van der Waals surface area contributed by atoms with Gasteiger partial charge in [-0.1, -0.05) is 84.9 Å². The van der Waals surface area contributed by atoms with E-state index in [1.807, 2.05) is 18.2 Å². The topological polar surface area (TPSA) is 35.2 Å². The predicted molar refractivity (Wildman–Crippen MR) is 103 cm³/mol. The zero-order valence-electron chi connectivity index (χ0n) is 14.5. The molecular weight excluding hydrogens is 306 g/mol. The molecule has 2 N–H and O–H groups in total. The first-order valence-electron chi connectivity index (χ1n) is 8.83. The van der Waals surface area contributed by atoms with Crippen molar-refractivity contribution in [2.24, 2.45) is 5.73 Å². The number of benzene rings is 3. The predicted octanol–water partition coefficient (Wildman–Crippen LogP) is 4.69. The summed E-state index contributed by atoms with van der Waals surface area (Å²) < 4.78 is 6.01. The van der Waals surface area contributed by atoms with Crippen LogP contribution in [0.2, 0.25) is 0 Å². The van der Waals surface area contributed by atoms with Crippen molar-refractivity contribution in [3.63, 3.8) is 0 Å². The van der Waals surface area contributed by atoms with Crippen LogP contribution in [0.1, 0.15) is 28.4 Å². The van der Waals surface area contributed by atoms with Crippen molar-refractivity contribution in [3.05, 3.63) is 107 Å². The molecule has 0 fully saturated rings. The van der Waals surface area contributed by atoms with Gasteiger partial charge in [0.05, 0.1) is 12.7 Å². The van der Waals surface area contributed by atoms with Crippen LogP contribution in [0.25, 0.3) is 0 Å². The third kappa shape index (κ3) is 5.28. The average molecular weight is 331 g/mol. The summed E-state index contributed by atoms with van der Waals surface area (Å²) in [4.78, 5) is 0. The molecule has 3 rings (SSSR count). The number of aryl methyl sites for hydroxylation is 2. The van der Waals surface area contributed by atoms with Crippen LogP contribution in [-0.4, -0.2) is 6.54 Å². The van der Waals surface area contributed by atoms with Crippen LogP contribution in [0.4, 0.5) is 0 Å². The molecule has 0 saturated carbocycles. The van der Waals surface area contributed by atoms with Crippen LogP contribution in [0.3, 0.4) is 0 Å². The molecule has 2 nitrogen and oxygen atoms in total. The molecule has 1 atom stereocenters. The van der Waals surface area contributed by atoms with E-state index in [4.69, 9.17) is 10.5 Å². The van der Waals surface area contributed by atoms with E-state index in [1.54, 1.807) is 0 Å². The van der Waals surface area contributed by atoms with E-state index in [0.29, 0.717) is 13.2 Å². The van der Waals surface area contributed by atoms with Crippen molar-refractivity contribution in [2.75, 3.05) is 6.54 Å². The lowest BCUT2D eigenvalue weighted by molar-refractivity contribution is 0.0456. The first-order chi connectivity index (χ1) is 12.3. The summed E-state index contributed by atoms with van der Waals surface area (Å²) in [7, 11) is 0. The lowest BCUT2D eigenvalue weighted by Gasteiger charge is -2.16. The van der Waals surface area contributed by atoms with Crippen LogP contribution in [-0.2, 0) is 24.2 Å². The van der Waals surface area contributed by atoms with Crippen LogP contribution in [0.5, 0.6) is 0 Å². The van der Waals surface area contributed by atoms with E-state index in [-0.39, 0.29) is 6.10 Å². The fourth-order valence-corrected chi connectivity index (χ4v) is 2.90. The Morgan fingerprint density at radius 2 is 1.16 bits per heavy atom. The Hall–Kier alpha value is -2.42. The Kier molecular flexibility index (Phi) is 6.38. The second kappa shape index (κ2) is 9.16. The van der Waals surface area contributed by atoms with Gasteiger partial charge in [0.25, 0.3) is 0 Å². The zero-order valence-corrected chi connectivity index (χ0v) is 14.5. The summed E-state index contributed by atoms with van der Waals surface area (Å²) in [5, 5.41) is 0. The highest BCUT2D eigenvalue weighted by atomic mass is 16.5. The Morgan fingerprint density at radius 1 is 0.640 bits per heavy atom. The van der Waals surface area contributed by atoms with Crippen molar-refractivity contribution in [3.8, 4) is 0 Å². The Balaban J connectivity index is 1.52. The molecule has 0 aliphatic carbocycles. The van der Waals surface area contributed by atoms with Crippen molar-refractivity contribution < 1.29 is 4.74 Å². The SMILES string of the molecule is NCC(OCc1ccc(CCc2ccccc2)cc1)c1ccccc1. The smallest absolute Gasteiger partial charge is 0.0951 e. The van der Waals surface area contributed by atoms with Crippen molar-refractivity contribution >= 4 is 0 Å². The number of ether oxygens (including phenoxy) is 1. The van der Waals surface area contributed by atoms with Gasteiger partial charge in [-0.3, -0.25) is 0 Å². The van der Waals surface area contributed by atoms with Gasteiger partial charge in [0, 0.05) is 6.54 Å². The summed E-state index contributed by atoms with van der Waals surface area (Å²) >= 11 is 0. The largest absolute Gasteiger partial charge is 0.368 e. The van der Waals surface area contributed by atoms with Crippen LogP contribution < -0.4 is 5.73 Å². The van der Waals surface area contributed by atoms with Gasteiger partial charge in [-0.15, -0.1) is 0 Å². The molecule has 0 radical (unpaired) electrons. The summed E-state index contributed by atoms with van der Waals surface area (Å²) in [5.41, 5.74) is 10.9. The maximum Gasteiger partial charge on any atom is 0.0951 e. The van der Waals surface area contributed by atoms with Gasteiger partial charge in [0.2, 0.25) is 0 Å². The zero-order chi connectivity index (χ0) is 17.3. The number of rotatable bonds is 8. The summed E-state index contributed by atoms with van der Waals surface area (Å²) in [6, 6.07) is 29.5. The molecule has 25 heavy (non-hydrogen) atoms. The molecule has 0 amide bonds. The molecular formula is C23H25NO. The summed E-state index contributed by atoms with van der Waals surface area (Å²) in [5.74, 6) is 0. The minimum absolute atomic E-state index is 0.0565. The van der Waals surface area contributed by atoms with Gasteiger partial charge in [0.1, 0.15) is 0 Å². The molecule has 0 heterocycles. The van der Waals surface area contributed by atoms with Gasteiger partial charge in [-0.05, 0) is 35.1 Å². The summed E-state index contributed by atoms with van der Waals surface area (Å²) in [6.07, 6.45) is 2.07. The normalized spacial score (nSPS) is 12.0. The molecule has 0 spiro atoms. The number of nitrogens with two attached hydrogens (primary N) is 1.